The minimum Gasteiger partial charge on any atom is -0.397 e. The normalized spacial score (nSPS) is 10.0. The van der Waals surface area contributed by atoms with Gasteiger partial charge in [0.15, 0.2) is 0 Å². The molecule has 1 heterocycles. The van der Waals surface area contributed by atoms with Crippen LogP contribution in [-0.4, -0.2) is 29.4 Å². The highest BCUT2D eigenvalue weighted by Gasteiger charge is 2.09. The standard InChI is InChI=1S/C9H12ClN3OS/c1-15-3-2-12-9(14)6-4-8(10)13-5-7(6)11/h4-5H,2-3,11H2,1H3,(H,12,14). The molecule has 3 N–H and O–H groups in total. The van der Waals surface area contributed by atoms with Crippen molar-refractivity contribution in [3.8, 4) is 0 Å². The number of nitrogens with one attached hydrogen (secondary N) is 1. The van der Waals surface area contributed by atoms with Gasteiger partial charge in [0.05, 0.1) is 17.4 Å². The Labute approximate surface area is 97.6 Å². The summed E-state index contributed by atoms with van der Waals surface area (Å²) in [6.45, 7) is 0.610. The predicted molar refractivity (Wildman–Crippen MR) is 64.4 cm³/mol. The van der Waals surface area contributed by atoms with E-state index in [0.29, 0.717) is 17.8 Å². The zero-order valence-corrected chi connectivity index (χ0v) is 9.86. The van der Waals surface area contributed by atoms with Crippen LogP contribution < -0.4 is 11.1 Å². The molecule has 6 heteroatoms. The number of pyridine rings is 1. The van der Waals surface area contributed by atoms with E-state index in [1.54, 1.807) is 11.8 Å². The van der Waals surface area contributed by atoms with Gasteiger partial charge in [0.1, 0.15) is 5.15 Å². The van der Waals surface area contributed by atoms with Crippen molar-refractivity contribution in [3.63, 3.8) is 0 Å². The lowest BCUT2D eigenvalue weighted by Gasteiger charge is -2.06. The molecule has 0 aliphatic carbocycles. The number of nitrogen functional groups attached to an aromatic ring is 1. The molecule has 0 atom stereocenters. The van der Waals surface area contributed by atoms with Crippen molar-refractivity contribution in [1.29, 1.82) is 0 Å². The van der Waals surface area contributed by atoms with Crippen molar-refractivity contribution in [2.75, 3.05) is 24.3 Å². The lowest BCUT2D eigenvalue weighted by Crippen LogP contribution is -2.26. The number of rotatable bonds is 4. The number of thioether (sulfide) groups is 1. The molecule has 82 valence electrons. The first-order valence-electron chi connectivity index (χ1n) is 4.33. The van der Waals surface area contributed by atoms with E-state index in [1.807, 2.05) is 6.26 Å². The number of anilines is 1. The number of carbonyl (C=O) groups is 1. The lowest BCUT2D eigenvalue weighted by molar-refractivity contribution is 0.0957. The molecule has 1 rings (SSSR count). The number of aromatic nitrogens is 1. The monoisotopic (exact) mass is 245 g/mol. The molecule has 0 radical (unpaired) electrons. The highest BCUT2D eigenvalue weighted by atomic mass is 35.5. The summed E-state index contributed by atoms with van der Waals surface area (Å²) >= 11 is 7.33. The predicted octanol–water partition coefficient (Wildman–Crippen LogP) is 1.41. The van der Waals surface area contributed by atoms with E-state index in [-0.39, 0.29) is 11.1 Å². The summed E-state index contributed by atoms with van der Waals surface area (Å²) in [5.41, 5.74) is 6.31. The Morgan fingerprint density at radius 2 is 2.47 bits per heavy atom. The van der Waals surface area contributed by atoms with E-state index in [1.165, 1.54) is 12.3 Å². The molecule has 1 aromatic rings. The Hall–Kier alpha value is -0.940. The first-order chi connectivity index (χ1) is 7.15. The zero-order valence-electron chi connectivity index (χ0n) is 8.29. The van der Waals surface area contributed by atoms with Crippen LogP contribution in [0.5, 0.6) is 0 Å². The van der Waals surface area contributed by atoms with Gasteiger partial charge in [0.25, 0.3) is 5.91 Å². The van der Waals surface area contributed by atoms with Crippen LogP contribution in [0.4, 0.5) is 5.69 Å². The number of hydrogen-bond donors (Lipinski definition) is 2. The highest BCUT2D eigenvalue weighted by molar-refractivity contribution is 7.98. The van der Waals surface area contributed by atoms with Gasteiger partial charge in [-0.2, -0.15) is 11.8 Å². The van der Waals surface area contributed by atoms with E-state index in [4.69, 9.17) is 17.3 Å². The van der Waals surface area contributed by atoms with Crippen LogP contribution in [0, 0.1) is 0 Å². The third kappa shape index (κ3) is 3.60. The molecule has 15 heavy (non-hydrogen) atoms. The molecule has 0 aliphatic heterocycles. The number of amides is 1. The SMILES string of the molecule is CSCCNC(=O)c1cc(Cl)ncc1N. The molecule has 0 aromatic carbocycles. The molecule has 1 aromatic heterocycles. The average molecular weight is 246 g/mol. The molecule has 1 amide bonds. The van der Waals surface area contributed by atoms with Crippen LogP contribution in [0.25, 0.3) is 0 Å². The molecule has 0 fully saturated rings. The van der Waals surface area contributed by atoms with Crippen molar-refractivity contribution in [2.24, 2.45) is 0 Å². The smallest absolute Gasteiger partial charge is 0.253 e. The minimum absolute atomic E-state index is 0.217. The van der Waals surface area contributed by atoms with Gasteiger partial charge in [-0.15, -0.1) is 0 Å². The molecule has 0 spiro atoms. The van der Waals surface area contributed by atoms with Crippen molar-refractivity contribution >= 4 is 35.0 Å². The molecule has 0 saturated carbocycles. The Morgan fingerprint density at radius 1 is 1.73 bits per heavy atom. The first-order valence-corrected chi connectivity index (χ1v) is 6.10. The third-order valence-corrected chi connectivity index (χ3v) is 2.56. The van der Waals surface area contributed by atoms with Gasteiger partial charge in [-0.25, -0.2) is 4.98 Å². The fraction of sp³-hybridized carbons (Fsp3) is 0.333. The number of nitrogens with zero attached hydrogens (tertiary/aromatic N) is 1. The molecular weight excluding hydrogens is 234 g/mol. The fourth-order valence-corrected chi connectivity index (χ4v) is 1.46. The maximum atomic E-state index is 11.6. The summed E-state index contributed by atoms with van der Waals surface area (Å²) in [6.07, 6.45) is 3.36. The average Bonchev–Trinajstić information content (AvgIpc) is 2.22. The van der Waals surface area contributed by atoms with Crippen LogP contribution in [0.2, 0.25) is 5.15 Å². The van der Waals surface area contributed by atoms with Crippen LogP contribution in [0.1, 0.15) is 10.4 Å². The van der Waals surface area contributed by atoms with Gasteiger partial charge < -0.3 is 11.1 Å². The summed E-state index contributed by atoms with van der Waals surface area (Å²) in [5, 5.41) is 3.00. The van der Waals surface area contributed by atoms with Gasteiger partial charge in [0.2, 0.25) is 0 Å². The molecule has 0 aliphatic rings. The van der Waals surface area contributed by atoms with E-state index in [0.717, 1.165) is 5.75 Å². The van der Waals surface area contributed by atoms with Crippen LogP contribution in [0.3, 0.4) is 0 Å². The van der Waals surface area contributed by atoms with E-state index < -0.39 is 0 Å². The Balaban J connectivity index is 2.68. The minimum atomic E-state index is -0.217. The zero-order chi connectivity index (χ0) is 11.3. The maximum absolute atomic E-state index is 11.6. The summed E-state index contributed by atoms with van der Waals surface area (Å²) in [5.74, 6) is 0.649. The maximum Gasteiger partial charge on any atom is 0.253 e. The molecule has 0 unspecified atom stereocenters. The highest BCUT2D eigenvalue weighted by Crippen LogP contribution is 2.14. The molecule has 0 bridgehead atoms. The van der Waals surface area contributed by atoms with E-state index >= 15 is 0 Å². The lowest BCUT2D eigenvalue weighted by atomic mass is 10.2. The largest absolute Gasteiger partial charge is 0.397 e. The van der Waals surface area contributed by atoms with Gasteiger partial charge in [-0.1, -0.05) is 11.6 Å². The third-order valence-electron chi connectivity index (χ3n) is 1.74. The van der Waals surface area contributed by atoms with Gasteiger partial charge >= 0.3 is 0 Å². The summed E-state index contributed by atoms with van der Waals surface area (Å²) in [4.78, 5) is 15.4. The number of nitrogens with two attached hydrogens (primary N) is 1. The second-order valence-corrected chi connectivity index (χ2v) is 4.22. The summed E-state index contributed by atoms with van der Waals surface area (Å²) < 4.78 is 0. The van der Waals surface area contributed by atoms with Crippen molar-refractivity contribution in [2.45, 2.75) is 0 Å². The van der Waals surface area contributed by atoms with Crippen molar-refractivity contribution in [3.05, 3.63) is 23.0 Å². The Kier molecular flexibility index (Phi) is 4.71. The van der Waals surface area contributed by atoms with Gasteiger partial charge in [0, 0.05) is 12.3 Å². The molecule has 4 nitrogen and oxygen atoms in total. The van der Waals surface area contributed by atoms with Crippen molar-refractivity contribution < 1.29 is 4.79 Å². The van der Waals surface area contributed by atoms with Crippen LogP contribution >= 0.6 is 23.4 Å². The summed E-state index contributed by atoms with van der Waals surface area (Å²) in [7, 11) is 0. The second kappa shape index (κ2) is 5.82. The number of halogens is 1. The van der Waals surface area contributed by atoms with Crippen molar-refractivity contribution in [1.82, 2.24) is 10.3 Å². The topological polar surface area (TPSA) is 68.0 Å². The summed E-state index contributed by atoms with van der Waals surface area (Å²) in [6, 6.07) is 1.46. The van der Waals surface area contributed by atoms with Crippen LogP contribution in [0.15, 0.2) is 12.3 Å². The molecular formula is C9H12ClN3OS. The number of hydrogen-bond acceptors (Lipinski definition) is 4. The van der Waals surface area contributed by atoms with Gasteiger partial charge in [-0.3, -0.25) is 4.79 Å². The quantitative estimate of drug-likeness (QED) is 0.622. The Morgan fingerprint density at radius 3 is 3.13 bits per heavy atom. The molecule has 0 saturated heterocycles. The fourth-order valence-electron chi connectivity index (χ4n) is 0.999. The van der Waals surface area contributed by atoms with Crippen LogP contribution in [-0.2, 0) is 0 Å². The van der Waals surface area contributed by atoms with E-state index in [2.05, 4.69) is 10.3 Å². The first kappa shape index (κ1) is 12.1. The Bertz CT molecular complexity index is 359. The second-order valence-electron chi connectivity index (χ2n) is 2.84. The number of carbonyl (C=O) groups excluding carboxylic acids is 1. The van der Waals surface area contributed by atoms with Gasteiger partial charge in [-0.05, 0) is 12.3 Å². The van der Waals surface area contributed by atoms with E-state index in [9.17, 15) is 4.79 Å².